The zero-order chi connectivity index (χ0) is 13.0. The van der Waals surface area contributed by atoms with Crippen molar-refractivity contribution in [3.63, 3.8) is 0 Å². The number of aromatic nitrogens is 1. The third kappa shape index (κ3) is 3.53. The summed E-state index contributed by atoms with van der Waals surface area (Å²) in [4.78, 5) is 5.93. The van der Waals surface area contributed by atoms with Crippen LogP contribution in [0, 0.1) is 5.82 Å². The Labute approximate surface area is 106 Å². The van der Waals surface area contributed by atoms with E-state index >= 15 is 0 Å². The lowest BCUT2D eigenvalue weighted by atomic mass is 10.2. The Balaban J connectivity index is 1.98. The molecule has 0 amide bonds. The maximum Gasteiger partial charge on any atom is 0.141 e. The molecule has 0 unspecified atom stereocenters. The molecule has 1 aromatic heterocycles. The zero-order valence-electron chi connectivity index (χ0n) is 10.3. The molecule has 2 N–H and O–H groups in total. The monoisotopic (exact) mass is 245 g/mol. The van der Waals surface area contributed by atoms with E-state index in [1.54, 1.807) is 6.20 Å². The Morgan fingerprint density at radius 2 is 1.94 bits per heavy atom. The molecule has 0 fully saturated rings. The van der Waals surface area contributed by atoms with Gasteiger partial charge in [-0.2, -0.15) is 0 Å². The molecule has 1 heterocycles. The van der Waals surface area contributed by atoms with Gasteiger partial charge in [-0.05, 0) is 36.4 Å². The first-order valence-corrected chi connectivity index (χ1v) is 5.76. The highest BCUT2D eigenvalue weighted by molar-refractivity contribution is 5.40. The van der Waals surface area contributed by atoms with Gasteiger partial charge in [0.15, 0.2) is 0 Å². The molecule has 0 aliphatic heterocycles. The summed E-state index contributed by atoms with van der Waals surface area (Å²) in [5.41, 5.74) is 8.49. The van der Waals surface area contributed by atoms with Gasteiger partial charge in [-0.1, -0.05) is 12.1 Å². The molecule has 2 aromatic rings. The molecule has 0 bridgehead atoms. The number of pyridine rings is 1. The average Bonchev–Trinajstić information content (AvgIpc) is 2.28. The molecule has 0 aliphatic carbocycles. The largest absolute Gasteiger partial charge is 0.399 e. The van der Waals surface area contributed by atoms with Crippen molar-refractivity contribution in [1.82, 2.24) is 9.88 Å². The van der Waals surface area contributed by atoms with Gasteiger partial charge in [-0.3, -0.25) is 9.88 Å². The van der Waals surface area contributed by atoms with Crippen LogP contribution in [0.3, 0.4) is 0 Å². The molecule has 0 spiro atoms. The topological polar surface area (TPSA) is 42.1 Å². The minimum absolute atomic E-state index is 0.301. The fourth-order valence-corrected chi connectivity index (χ4v) is 1.91. The summed E-state index contributed by atoms with van der Waals surface area (Å²) >= 11 is 0. The van der Waals surface area contributed by atoms with Crippen LogP contribution < -0.4 is 5.73 Å². The van der Waals surface area contributed by atoms with Crippen LogP contribution in [0.5, 0.6) is 0 Å². The first-order chi connectivity index (χ1) is 8.63. The van der Waals surface area contributed by atoms with Crippen molar-refractivity contribution in [1.29, 1.82) is 0 Å². The van der Waals surface area contributed by atoms with Crippen LogP contribution in [-0.4, -0.2) is 16.9 Å². The number of hydrogen-bond acceptors (Lipinski definition) is 3. The number of rotatable bonds is 4. The maximum absolute atomic E-state index is 13.0. The molecular formula is C14H16FN3. The number of hydrogen-bond donors (Lipinski definition) is 1. The number of nitrogen functional groups attached to an aromatic ring is 1. The summed E-state index contributed by atoms with van der Waals surface area (Å²) < 4.78 is 13.0. The summed E-state index contributed by atoms with van der Waals surface area (Å²) in [5.74, 6) is -0.301. The van der Waals surface area contributed by atoms with E-state index in [0.29, 0.717) is 6.54 Å². The van der Waals surface area contributed by atoms with E-state index in [4.69, 9.17) is 5.73 Å². The van der Waals surface area contributed by atoms with Gasteiger partial charge < -0.3 is 5.73 Å². The van der Waals surface area contributed by atoms with E-state index in [-0.39, 0.29) is 5.82 Å². The van der Waals surface area contributed by atoms with E-state index < -0.39 is 0 Å². The minimum atomic E-state index is -0.301. The Kier molecular flexibility index (Phi) is 3.89. The van der Waals surface area contributed by atoms with Gasteiger partial charge >= 0.3 is 0 Å². The van der Waals surface area contributed by atoms with E-state index in [2.05, 4.69) is 9.88 Å². The highest BCUT2D eigenvalue weighted by Crippen LogP contribution is 2.11. The Morgan fingerprint density at radius 3 is 2.67 bits per heavy atom. The molecule has 0 saturated heterocycles. The molecule has 1 aromatic carbocycles. The van der Waals surface area contributed by atoms with Crippen LogP contribution in [0.2, 0.25) is 0 Å². The maximum atomic E-state index is 13.0. The van der Waals surface area contributed by atoms with Gasteiger partial charge in [0.2, 0.25) is 0 Å². The SMILES string of the molecule is CN(Cc1cccc(N)c1)Cc1cncc(F)c1. The fraction of sp³-hybridized carbons (Fsp3) is 0.214. The number of benzene rings is 1. The van der Waals surface area contributed by atoms with Gasteiger partial charge in [0.1, 0.15) is 5.82 Å². The highest BCUT2D eigenvalue weighted by atomic mass is 19.1. The molecule has 0 radical (unpaired) electrons. The summed E-state index contributed by atoms with van der Waals surface area (Å²) in [6.07, 6.45) is 2.89. The lowest BCUT2D eigenvalue weighted by Crippen LogP contribution is -2.17. The van der Waals surface area contributed by atoms with Crippen molar-refractivity contribution in [3.8, 4) is 0 Å². The van der Waals surface area contributed by atoms with Gasteiger partial charge in [0.05, 0.1) is 6.20 Å². The third-order valence-electron chi connectivity index (χ3n) is 2.62. The standard InChI is InChI=1S/C14H16FN3/c1-18(9-11-3-2-4-14(16)6-11)10-12-5-13(15)8-17-7-12/h2-8H,9-10,16H2,1H3. The van der Waals surface area contributed by atoms with E-state index in [1.807, 2.05) is 31.3 Å². The normalized spacial score (nSPS) is 10.8. The molecule has 0 atom stereocenters. The summed E-state index contributed by atoms with van der Waals surface area (Å²) in [6, 6.07) is 9.27. The molecule has 4 heteroatoms. The number of nitrogens with two attached hydrogens (primary N) is 1. The second-order valence-corrected chi connectivity index (χ2v) is 4.43. The Morgan fingerprint density at radius 1 is 1.17 bits per heavy atom. The third-order valence-corrected chi connectivity index (χ3v) is 2.62. The van der Waals surface area contributed by atoms with E-state index in [1.165, 1.54) is 12.3 Å². The Hall–Kier alpha value is -1.94. The quantitative estimate of drug-likeness (QED) is 0.841. The summed E-state index contributed by atoms with van der Waals surface area (Å²) in [5, 5.41) is 0. The lowest BCUT2D eigenvalue weighted by Gasteiger charge is -2.16. The van der Waals surface area contributed by atoms with Gasteiger partial charge in [0, 0.05) is 25.0 Å². The van der Waals surface area contributed by atoms with Gasteiger partial charge in [-0.25, -0.2) is 4.39 Å². The van der Waals surface area contributed by atoms with Crippen molar-refractivity contribution >= 4 is 5.69 Å². The number of anilines is 1. The molecule has 18 heavy (non-hydrogen) atoms. The van der Waals surface area contributed by atoms with E-state index in [0.717, 1.165) is 23.4 Å². The first kappa shape index (κ1) is 12.5. The van der Waals surface area contributed by atoms with Crippen LogP contribution in [0.4, 0.5) is 10.1 Å². The summed E-state index contributed by atoms with van der Waals surface area (Å²) in [6.45, 7) is 1.42. The molecule has 3 nitrogen and oxygen atoms in total. The van der Waals surface area contributed by atoms with Crippen LogP contribution >= 0.6 is 0 Å². The highest BCUT2D eigenvalue weighted by Gasteiger charge is 2.03. The average molecular weight is 245 g/mol. The smallest absolute Gasteiger partial charge is 0.141 e. The number of nitrogens with zero attached hydrogens (tertiary/aromatic N) is 2. The predicted octanol–water partition coefficient (Wildman–Crippen LogP) is 2.43. The lowest BCUT2D eigenvalue weighted by molar-refractivity contribution is 0.318. The zero-order valence-corrected chi connectivity index (χ0v) is 10.3. The second kappa shape index (κ2) is 5.60. The second-order valence-electron chi connectivity index (χ2n) is 4.43. The predicted molar refractivity (Wildman–Crippen MR) is 70.2 cm³/mol. The molecule has 94 valence electrons. The van der Waals surface area contributed by atoms with Crippen molar-refractivity contribution in [2.45, 2.75) is 13.1 Å². The van der Waals surface area contributed by atoms with Crippen LogP contribution in [0.25, 0.3) is 0 Å². The molecular weight excluding hydrogens is 229 g/mol. The van der Waals surface area contributed by atoms with Crippen LogP contribution in [0.15, 0.2) is 42.7 Å². The van der Waals surface area contributed by atoms with Crippen LogP contribution in [-0.2, 0) is 13.1 Å². The fourth-order valence-electron chi connectivity index (χ4n) is 1.91. The minimum Gasteiger partial charge on any atom is -0.399 e. The van der Waals surface area contributed by atoms with Crippen molar-refractivity contribution in [2.75, 3.05) is 12.8 Å². The first-order valence-electron chi connectivity index (χ1n) is 5.76. The molecule has 2 rings (SSSR count). The molecule has 0 aliphatic rings. The van der Waals surface area contributed by atoms with E-state index in [9.17, 15) is 4.39 Å². The van der Waals surface area contributed by atoms with Gasteiger partial charge in [-0.15, -0.1) is 0 Å². The molecule has 0 saturated carbocycles. The van der Waals surface area contributed by atoms with Crippen molar-refractivity contribution in [3.05, 3.63) is 59.7 Å². The summed E-state index contributed by atoms with van der Waals surface area (Å²) in [7, 11) is 1.98. The van der Waals surface area contributed by atoms with Crippen molar-refractivity contribution < 1.29 is 4.39 Å². The van der Waals surface area contributed by atoms with Gasteiger partial charge in [0.25, 0.3) is 0 Å². The van der Waals surface area contributed by atoms with Crippen molar-refractivity contribution in [2.24, 2.45) is 0 Å². The number of halogens is 1. The van der Waals surface area contributed by atoms with Crippen LogP contribution in [0.1, 0.15) is 11.1 Å². The Bertz CT molecular complexity index is 480.